The molecule has 2 amide bonds. The minimum Gasteiger partial charge on any atom is -0.497 e. The van der Waals surface area contributed by atoms with Gasteiger partial charge in [0.25, 0.3) is 5.91 Å². The van der Waals surface area contributed by atoms with Crippen LogP contribution in [0, 0.1) is 13.8 Å². The molecule has 0 atom stereocenters. The van der Waals surface area contributed by atoms with Crippen molar-refractivity contribution in [2.75, 3.05) is 12.9 Å². The molecule has 11 heteroatoms. The number of ether oxygens (including phenoxy) is 1. The highest BCUT2D eigenvalue weighted by molar-refractivity contribution is 7.99. The molecule has 0 aliphatic rings. The maximum atomic E-state index is 12.1. The van der Waals surface area contributed by atoms with E-state index in [0.717, 1.165) is 21.4 Å². The highest BCUT2D eigenvalue weighted by atomic mass is 32.2. The van der Waals surface area contributed by atoms with Crippen molar-refractivity contribution in [1.29, 1.82) is 0 Å². The molecule has 0 bridgehead atoms. The summed E-state index contributed by atoms with van der Waals surface area (Å²) < 4.78 is 6.83. The molecule has 4 rings (SSSR count). The van der Waals surface area contributed by atoms with Crippen LogP contribution in [0.15, 0.2) is 35.7 Å². The number of thiophene rings is 1. The van der Waals surface area contributed by atoms with Crippen LogP contribution in [0.25, 0.3) is 15.9 Å². The number of carbonyl (C=O) groups excluding carboxylic acids is 2. The summed E-state index contributed by atoms with van der Waals surface area (Å²) in [5.74, 6) is -0.0789. The van der Waals surface area contributed by atoms with Crippen molar-refractivity contribution < 1.29 is 14.3 Å². The molecule has 0 aliphatic heterocycles. The Kier molecular flexibility index (Phi) is 5.55. The second-order valence-corrected chi connectivity index (χ2v) is 8.55. The Labute approximate surface area is 179 Å². The Hall–Kier alpha value is -3.18. The number of nitrogens with zero attached hydrogens (tertiary/aromatic N) is 4. The Morgan fingerprint density at radius 2 is 1.93 bits per heavy atom. The number of methoxy groups -OCH3 is 1. The van der Waals surface area contributed by atoms with Crippen LogP contribution >= 0.6 is 23.1 Å². The molecular formula is C19H18N6O3S2. The van der Waals surface area contributed by atoms with Crippen LogP contribution in [0.1, 0.15) is 20.8 Å². The maximum absolute atomic E-state index is 12.1. The van der Waals surface area contributed by atoms with Gasteiger partial charge in [-0.2, -0.15) is 0 Å². The molecule has 4 aromatic rings. The predicted octanol–water partition coefficient (Wildman–Crippen LogP) is 2.52. The van der Waals surface area contributed by atoms with Crippen LogP contribution in [0.2, 0.25) is 0 Å². The monoisotopic (exact) mass is 442 g/mol. The third-order valence-corrected chi connectivity index (χ3v) is 6.60. The zero-order chi connectivity index (χ0) is 21.3. The molecule has 0 radical (unpaired) electrons. The molecule has 0 spiro atoms. The standard InChI is InChI=1S/C19H18N6O3S2/c1-10-11(2)30-18-15(10)16-22-24-19(25(16)9-20-18)29-8-14(26)21-23-17(27)12-4-6-13(28-3)7-5-12/h4-7,9H,8H2,1-3H3,(H,21,26)(H,23,27). The Bertz CT molecular complexity index is 1250. The quantitative estimate of drug-likeness (QED) is 0.361. The van der Waals surface area contributed by atoms with Crippen LogP contribution < -0.4 is 15.6 Å². The first kappa shape index (κ1) is 20.1. The number of hydrogen-bond acceptors (Lipinski definition) is 8. The molecule has 0 saturated heterocycles. The van der Waals surface area contributed by atoms with Gasteiger partial charge in [-0.3, -0.25) is 24.8 Å². The molecule has 0 unspecified atom stereocenters. The largest absolute Gasteiger partial charge is 0.497 e. The fourth-order valence-electron chi connectivity index (χ4n) is 2.83. The van der Waals surface area contributed by atoms with E-state index in [2.05, 4.69) is 33.0 Å². The first-order valence-electron chi connectivity index (χ1n) is 8.93. The van der Waals surface area contributed by atoms with Crippen molar-refractivity contribution in [2.24, 2.45) is 0 Å². The smallest absolute Gasteiger partial charge is 0.269 e. The lowest BCUT2D eigenvalue weighted by Crippen LogP contribution is -2.42. The Morgan fingerprint density at radius 1 is 1.17 bits per heavy atom. The van der Waals surface area contributed by atoms with Gasteiger partial charge in [-0.15, -0.1) is 21.5 Å². The average molecular weight is 443 g/mol. The second-order valence-electron chi connectivity index (χ2n) is 6.40. The lowest BCUT2D eigenvalue weighted by molar-refractivity contribution is -0.119. The van der Waals surface area contributed by atoms with E-state index >= 15 is 0 Å². The molecular weight excluding hydrogens is 424 g/mol. The van der Waals surface area contributed by atoms with Crippen molar-refractivity contribution in [3.05, 3.63) is 46.6 Å². The number of hydrazine groups is 1. The van der Waals surface area contributed by atoms with E-state index in [-0.39, 0.29) is 11.7 Å². The topological polar surface area (TPSA) is 111 Å². The molecule has 3 aromatic heterocycles. The number of aromatic nitrogens is 4. The Morgan fingerprint density at radius 3 is 2.67 bits per heavy atom. The number of rotatable bonds is 5. The van der Waals surface area contributed by atoms with Crippen LogP contribution in [-0.4, -0.2) is 44.3 Å². The van der Waals surface area contributed by atoms with Gasteiger partial charge < -0.3 is 4.74 Å². The molecule has 0 fully saturated rings. The van der Waals surface area contributed by atoms with Gasteiger partial charge in [0.2, 0.25) is 5.91 Å². The van der Waals surface area contributed by atoms with Gasteiger partial charge in [0.15, 0.2) is 10.8 Å². The van der Waals surface area contributed by atoms with Gasteiger partial charge in [-0.25, -0.2) is 4.98 Å². The summed E-state index contributed by atoms with van der Waals surface area (Å²) in [7, 11) is 1.55. The van der Waals surface area contributed by atoms with E-state index < -0.39 is 5.91 Å². The van der Waals surface area contributed by atoms with E-state index in [0.29, 0.717) is 16.5 Å². The highest BCUT2D eigenvalue weighted by Crippen LogP contribution is 2.32. The van der Waals surface area contributed by atoms with E-state index in [4.69, 9.17) is 4.74 Å². The van der Waals surface area contributed by atoms with Crippen LogP contribution in [0.4, 0.5) is 0 Å². The van der Waals surface area contributed by atoms with Gasteiger partial charge in [0.05, 0.1) is 18.2 Å². The molecule has 9 nitrogen and oxygen atoms in total. The lowest BCUT2D eigenvalue weighted by atomic mass is 10.2. The van der Waals surface area contributed by atoms with Crippen LogP contribution in [0.3, 0.4) is 0 Å². The van der Waals surface area contributed by atoms with Gasteiger partial charge >= 0.3 is 0 Å². The van der Waals surface area contributed by atoms with E-state index in [9.17, 15) is 9.59 Å². The number of hydrogen-bond donors (Lipinski definition) is 2. The fourth-order valence-corrected chi connectivity index (χ4v) is 4.53. The van der Waals surface area contributed by atoms with Crippen LogP contribution in [-0.2, 0) is 4.79 Å². The summed E-state index contributed by atoms with van der Waals surface area (Å²) in [6.45, 7) is 4.09. The van der Waals surface area contributed by atoms with Crippen molar-refractivity contribution in [3.63, 3.8) is 0 Å². The van der Waals surface area contributed by atoms with Crippen LogP contribution in [0.5, 0.6) is 5.75 Å². The van der Waals surface area contributed by atoms with E-state index in [1.165, 1.54) is 16.6 Å². The molecule has 0 aliphatic carbocycles. The highest BCUT2D eigenvalue weighted by Gasteiger charge is 2.16. The number of thioether (sulfide) groups is 1. The summed E-state index contributed by atoms with van der Waals surface area (Å²) in [5.41, 5.74) is 7.05. The number of nitrogens with one attached hydrogen (secondary N) is 2. The number of aryl methyl sites for hydroxylation is 2. The number of benzene rings is 1. The minimum atomic E-state index is -0.418. The first-order chi connectivity index (χ1) is 14.5. The average Bonchev–Trinajstić information content (AvgIpc) is 3.30. The van der Waals surface area contributed by atoms with Crippen molar-refractivity contribution in [1.82, 2.24) is 30.4 Å². The molecule has 3 heterocycles. The van der Waals surface area contributed by atoms with Crippen molar-refractivity contribution >= 4 is 50.8 Å². The van der Waals surface area contributed by atoms with Crippen molar-refractivity contribution in [2.45, 2.75) is 19.0 Å². The third kappa shape index (κ3) is 3.81. The fraction of sp³-hybridized carbons (Fsp3) is 0.211. The van der Waals surface area contributed by atoms with Gasteiger partial charge in [-0.05, 0) is 43.7 Å². The zero-order valence-corrected chi connectivity index (χ0v) is 18.1. The molecule has 30 heavy (non-hydrogen) atoms. The number of fused-ring (bicyclic) bond motifs is 3. The lowest BCUT2D eigenvalue weighted by Gasteiger charge is -2.07. The van der Waals surface area contributed by atoms with Gasteiger partial charge in [0, 0.05) is 10.4 Å². The molecule has 0 saturated carbocycles. The molecule has 2 N–H and O–H groups in total. The molecule has 154 valence electrons. The van der Waals surface area contributed by atoms with Gasteiger partial charge in [0.1, 0.15) is 16.9 Å². The summed E-state index contributed by atoms with van der Waals surface area (Å²) in [6.07, 6.45) is 1.67. The summed E-state index contributed by atoms with van der Waals surface area (Å²) in [4.78, 5) is 30.8. The minimum absolute atomic E-state index is 0.0589. The van der Waals surface area contributed by atoms with E-state index in [1.54, 1.807) is 53.4 Å². The number of amides is 2. The maximum Gasteiger partial charge on any atom is 0.269 e. The SMILES string of the molecule is COc1ccc(C(=O)NNC(=O)CSc2nnc3c4c(C)c(C)sc4ncn23)cc1. The normalized spacial score (nSPS) is 11.0. The predicted molar refractivity (Wildman–Crippen MR) is 115 cm³/mol. The Balaban J connectivity index is 1.38. The van der Waals surface area contributed by atoms with Crippen molar-refractivity contribution in [3.8, 4) is 5.75 Å². The molecule has 1 aromatic carbocycles. The van der Waals surface area contributed by atoms with E-state index in [1.807, 2.05) is 6.92 Å². The second kappa shape index (κ2) is 8.28. The summed E-state index contributed by atoms with van der Waals surface area (Å²) in [6, 6.07) is 6.56. The third-order valence-electron chi connectivity index (χ3n) is 4.55. The zero-order valence-electron chi connectivity index (χ0n) is 16.4. The van der Waals surface area contributed by atoms with Gasteiger partial charge in [-0.1, -0.05) is 11.8 Å². The number of carbonyl (C=O) groups is 2. The first-order valence-corrected chi connectivity index (χ1v) is 10.7. The summed E-state index contributed by atoms with van der Waals surface area (Å²) >= 11 is 2.83. The summed E-state index contributed by atoms with van der Waals surface area (Å²) in [5, 5.41) is 10.00.